The number of hydrogen-bond donors (Lipinski definition) is 2. The molecule has 1 fully saturated rings. The highest BCUT2D eigenvalue weighted by molar-refractivity contribution is 5.92. The lowest BCUT2D eigenvalue weighted by atomic mass is 9.70. The number of carbonyl (C=O) groups excluding carboxylic acids is 1. The van der Waals surface area contributed by atoms with E-state index in [0.717, 1.165) is 37.2 Å². The molecule has 1 atom stereocenters. The van der Waals surface area contributed by atoms with Crippen molar-refractivity contribution in [2.24, 2.45) is 11.3 Å². The summed E-state index contributed by atoms with van der Waals surface area (Å²) in [7, 11) is 0. The number of nitrogens with zero attached hydrogens (tertiary/aromatic N) is 3. The maximum absolute atomic E-state index is 13.3. The summed E-state index contributed by atoms with van der Waals surface area (Å²) in [6.07, 6.45) is 6.87. The molecule has 0 aromatic carbocycles. The third kappa shape index (κ3) is 3.81. The van der Waals surface area contributed by atoms with Gasteiger partial charge in [0, 0.05) is 12.7 Å². The summed E-state index contributed by atoms with van der Waals surface area (Å²) in [5.41, 5.74) is 1.24. The van der Waals surface area contributed by atoms with Crippen LogP contribution in [0.25, 0.3) is 0 Å². The first kappa shape index (κ1) is 18.6. The Morgan fingerprint density at radius 1 is 1.50 bits per heavy atom. The summed E-state index contributed by atoms with van der Waals surface area (Å²) in [5, 5.41) is 7.35. The number of hydrogen-bond acceptors (Lipinski definition) is 3. The first-order valence-electron chi connectivity index (χ1n) is 9.36. The van der Waals surface area contributed by atoms with Crippen LogP contribution in [-0.2, 0) is 6.54 Å². The van der Waals surface area contributed by atoms with Gasteiger partial charge in [-0.05, 0) is 56.9 Å². The molecule has 1 unspecified atom stereocenters. The van der Waals surface area contributed by atoms with Crippen LogP contribution in [0.15, 0.2) is 18.5 Å². The lowest BCUT2D eigenvalue weighted by Gasteiger charge is -2.38. The van der Waals surface area contributed by atoms with Gasteiger partial charge in [0.25, 0.3) is 5.91 Å². The Hall–Kier alpha value is -2.18. The van der Waals surface area contributed by atoms with E-state index in [2.05, 4.69) is 20.4 Å². The van der Waals surface area contributed by atoms with Crippen molar-refractivity contribution in [2.45, 2.75) is 59.0 Å². The lowest BCUT2D eigenvalue weighted by Crippen LogP contribution is -2.38. The quantitative estimate of drug-likeness (QED) is 0.826. The first-order chi connectivity index (χ1) is 12.5. The van der Waals surface area contributed by atoms with E-state index in [1.165, 1.54) is 0 Å². The van der Waals surface area contributed by atoms with Crippen molar-refractivity contribution >= 4 is 5.91 Å². The summed E-state index contributed by atoms with van der Waals surface area (Å²) in [4.78, 5) is 20.4. The number of alkyl halides is 1. The van der Waals surface area contributed by atoms with Crippen molar-refractivity contribution in [3.63, 3.8) is 0 Å². The fraction of sp³-hybridized carbons (Fsp3) is 0.632. The molecule has 142 valence electrons. The highest BCUT2D eigenvalue weighted by atomic mass is 19.1. The van der Waals surface area contributed by atoms with Gasteiger partial charge in [-0.15, -0.1) is 0 Å². The molecular formula is C19H28FN5O. The minimum atomic E-state index is -0.282. The van der Waals surface area contributed by atoms with Crippen LogP contribution in [-0.4, -0.2) is 32.3 Å². The van der Waals surface area contributed by atoms with E-state index < -0.39 is 0 Å². The monoisotopic (exact) mass is 361 g/mol. The van der Waals surface area contributed by atoms with Crippen molar-refractivity contribution in [1.29, 1.82) is 0 Å². The molecule has 7 heteroatoms. The van der Waals surface area contributed by atoms with Crippen molar-refractivity contribution in [3.8, 4) is 0 Å². The van der Waals surface area contributed by atoms with E-state index in [0.29, 0.717) is 12.2 Å². The summed E-state index contributed by atoms with van der Waals surface area (Å²) >= 11 is 0. The van der Waals surface area contributed by atoms with Gasteiger partial charge in [-0.25, -0.2) is 4.98 Å². The van der Waals surface area contributed by atoms with E-state index in [-0.39, 0.29) is 30.0 Å². The summed E-state index contributed by atoms with van der Waals surface area (Å²) < 4.78 is 15.0. The van der Waals surface area contributed by atoms with Gasteiger partial charge >= 0.3 is 0 Å². The second kappa shape index (κ2) is 7.60. The molecule has 3 rings (SSSR count). The molecule has 2 aromatic rings. The van der Waals surface area contributed by atoms with Gasteiger partial charge in [0.15, 0.2) is 0 Å². The van der Waals surface area contributed by atoms with Crippen LogP contribution in [0.3, 0.4) is 0 Å². The van der Waals surface area contributed by atoms with E-state index in [4.69, 9.17) is 0 Å². The minimum absolute atomic E-state index is 0.138. The summed E-state index contributed by atoms with van der Waals surface area (Å²) in [6.45, 7) is 6.22. The highest BCUT2D eigenvalue weighted by Gasteiger charge is 2.36. The fourth-order valence-electron chi connectivity index (χ4n) is 3.84. The Morgan fingerprint density at radius 3 is 2.81 bits per heavy atom. The number of aromatic amines is 1. The Bertz CT molecular complexity index is 745. The van der Waals surface area contributed by atoms with Crippen LogP contribution >= 0.6 is 0 Å². The number of rotatable bonds is 6. The van der Waals surface area contributed by atoms with Crippen molar-refractivity contribution in [1.82, 2.24) is 25.1 Å². The molecule has 2 heterocycles. The summed E-state index contributed by atoms with van der Waals surface area (Å²) in [6, 6.07) is 1.57. The molecule has 0 aliphatic heterocycles. The number of carbonyl (C=O) groups is 1. The Balaban J connectivity index is 1.80. The predicted octanol–water partition coefficient (Wildman–Crippen LogP) is 3.57. The molecule has 6 nitrogen and oxygen atoms in total. The molecule has 1 aliphatic carbocycles. The molecule has 1 amide bonds. The Morgan fingerprint density at radius 2 is 2.23 bits per heavy atom. The molecule has 0 radical (unpaired) electrons. The Labute approximate surface area is 153 Å². The molecule has 2 aromatic heterocycles. The van der Waals surface area contributed by atoms with Gasteiger partial charge in [0.05, 0.1) is 24.6 Å². The zero-order valence-electron chi connectivity index (χ0n) is 15.8. The van der Waals surface area contributed by atoms with Crippen molar-refractivity contribution in [3.05, 3.63) is 35.7 Å². The number of nitrogens with one attached hydrogen (secondary N) is 2. The van der Waals surface area contributed by atoms with Crippen LogP contribution in [0.1, 0.15) is 67.6 Å². The van der Waals surface area contributed by atoms with E-state index >= 15 is 0 Å². The number of amides is 1. The van der Waals surface area contributed by atoms with Gasteiger partial charge < -0.3 is 10.3 Å². The van der Waals surface area contributed by atoms with Crippen molar-refractivity contribution in [2.75, 3.05) is 6.67 Å². The average Bonchev–Trinajstić information content (AvgIpc) is 3.29. The van der Waals surface area contributed by atoms with Gasteiger partial charge in [0.2, 0.25) is 0 Å². The first-order valence-corrected chi connectivity index (χ1v) is 9.36. The second-order valence-electron chi connectivity index (χ2n) is 7.69. The number of imidazole rings is 1. The zero-order valence-corrected chi connectivity index (χ0v) is 15.8. The SMILES string of the molecule is CCn1nccc1C(=O)NC(c1cnc(C)[nH]1)C1CCC(C)(CF)CC1. The molecule has 1 aliphatic rings. The number of halogens is 1. The highest BCUT2D eigenvalue weighted by Crippen LogP contribution is 2.43. The standard InChI is InChI=1S/C19H28FN5O/c1-4-25-16(7-10-22-25)18(26)24-17(15-11-21-13(2)23-15)14-5-8-19(3,12-20)9-6-14/h7,10-11,14,17H,4-6,8-9,12H2,1-3H3,(H,21,23)(H,24,26). The molecule has 0 bridgehead atoms. The third-order valence-electron chi connectivity index (χ3n) is 5.62. The number of H-pyrrole nitrogens is 1. The van der Waals surface area contributed by atoms with Crippen LogP contribution in [0, 0.1) is 18.3 Å². The summed E-state index contributed by atoms with van der Waals surface area (Å²) in [5.74, 6) is 0.944. The van der Waals surface area contributed by atoms with Crippen LogP contribution in [0.2, 0.25) is 0 Å². The molecule has 26 heavy (non-hydrogen) atoms. The zero-order chi connectivity index (χ0) is 18.7. The third-order valence-corrected chi connectivity index (χ3v) is 5.62. The molecule has 2 N–H and O–H groups in total. The smallest absolute Gasteiger partial charge is 0.270 e. The predicted molar refractivity (Wildman–Crippen MR) is 97.5 cm³/mol. The second-order valence-corrected chi connectivity index (χ2v) is 7.69. The maximum atomic E-state index is 13.3. The normalized spacial score (nSPS) is 24.4. The number of aromatic nitrogens is 4. The van der Waals surface area contributed by atoms with E-state index in [9.17, 15) is 9.18 Å². The largest absolute Gasteiger partial charge is 0.344 e. The average molecular weight is 361 g/mol. The lowest BCUT2D eigenvalue weighted by molar-refractivity contribution is 0.0843. The van der Waals surface area contributed by atoms with Crippen molar-refractivity contribution < 1.29 is 9.18 Å². The van der Waals surface area contributed by atoms with Gasteiger partial charge in [-0.2, -0.15) is 5.10 Å². The van der Waals surface area contributed by atoms with Crippen LogP contribution in [0.5, 0.6) is 0 Å². The van der Waals surface area contributed by atoms with Gasteiger partial charge in [-0.1, -0.05) is 6.92 Å². The molecule has 0 spiro atoms. The molecular weight excluding hydrogens is 333 g/mol. The van der Waals surface area contributed by atoms with Gasteiger partial charge in [0.1, 0.15) is 11.5 Å². The van der Waals surface area contributed by atoms with E-state index in [1.807, 2.05) is 20.8 Å². The minimum Gasteiger partial charge on any atom is -0.344 e. The molecule has 0 saturated heterocycles. The Kier molecular flexibility index (Phi) is 5.44. The fourth-order valence-corrected chi connectivity index (χ4v) is 3.84. The van der Waals surface area contributed by atoms with Crippen LogP contribution in [0.4, 0.5) is 4.39 Å². The topological polar surface area (TPSA) is 75.6 Å². The van der Waals surface area contributed by atoms with Gasteiger partial charge in [-0.3, -0.25) is 13.9 Å². The van der Waals surface area contributed by atoms with Crippen LogP contribution < -0.4 is 5.32 Å². The number of aryl methyl sites for hydroxylation is 2. The maximum Gasteiger partial charge on any atom is 0.270 e. The van der Waals surface area contributed by atoms with E-state index in [1.54, 1.807) is 23.1 Å². The molecule has 1 saturated carbocycles.